The standard InChI is InChI=1S/C16H16N2O3/c1-9(16(17)19)18-12-8-14-11(7-15(12)20-2)10-5-3-4-6-13(10)21-14/h3-9,18H,1-2H3,(H2,17,19)/t9-/m0/s1. The van der Waals surface area contributed by atoms with Gasteiger partial charge in [0.2, 0.25) is 5.91 Å². The van der Waals surface area contributed by atoms with E-state index in [1.165, 1.54) is 0 Å². The van der Waals surface area contributed by atoms with Gasteiger partial charge in [0, 0.05) is 16.8 Å². The number of carbonyl (C=O) groups is 1. The molecular weight excluding hydrogens is 268 g/mol. The van der Waals surface area contributed by atoms with Crippen LogP contribution in [0.15, 0.2) is 40.8 Å². The van der Waals surface area contributed by atoms with Crippen LogP contribution < -0.4 is 15.8 Å². The molecule has 2 aromatic carbocycles. The molecule has 3 N–H and O–H groups in total. The van der Waals surface area contributed by atoms with E-state index >= 15 is 0 Å². The molecule has 1 amide bonds. The van der Waals surface area contributed by atoms with E-state index < -0.39 is 11.9 Å². The van der Waals surface area contributed by atoms with Crippen LogP contribution in [-0.2, 0) is 4.79 Å². The van der Waals surface area contributed by atoms with Crippen LogP contribution in [0.5, 0.6) is 5.75 Å². The predicted octanol–water partition coefficient (Wildman–Crippen LogP) is 2.88. The maximum Gasteiger partial charge on any atom is 0.239 e. The number of primary amides is 1. The second-order valence-electron chi connectivity index (χ2n) is 4.92. The molecule has 1 atom stereocenters. The first-order valence-corrected chi connectivity index (χ1v) is 6.65. The highest BCUT2D eigenvalue weighted by molar-refractivity contribution is 6.06. The number of rotatable bonds is 4. The molecule has 1 heterocycles. The number of benzene rings is 2. The van der Waals surface area contributed by atoms with Crippen LogP contribution in [0.1, 0.15) is 6.92 Å². The summed E-state index contributed by atoms with van der Waals surface area (Å²) in [5.41, 5.74) is 7.51. The number of amides is 1. The smallest absolute Gasteiger partial charge is 0.239 e. The molecule has 0 radical (unpaired) electrons. The zero-order valence-corrected chi connectivity index (χ0v) is 11.8. The second-order valence-corrected chi connectivity index (χ2v) is 4.92. The van der Waals surface area contributed by atoms with Crippen molar-refractivity contribution in [1.82, 2.24) is 0 Å². The Hall–Kier alpha value is -2.69. The van der Waals surface area contributed by atoms with Crippen LogP contribution in [0.3, 0.4) is 0 Å². The molecule has 1 aromatic heterocycles. The van der Waals surface area contributed by atoms with Gasteiger partial charge in [-0.25, -0.2) is 0 Å². The van der Waals surface area contributed by atoms with Crippen molar-refractivity contribution in [3.05, 3.63) is 36.4 Å². The van der Waals surface area contributed by atoms with Gasteiger partial charge in [-0.2, -0.15) is 0 Å². The summed E-state index contributed by atoms with van der Waals surface area (Å²) in [6.07, 6.45) is 0. The van der Waals surface area contributed by atoms with Gasteiger partial charge in [0.15, 0.2) is 0 Å². The summed E-state index contributed by atoms with van der Waals surface area (Å²) in [5, 5.41) is 5.04. The highest BCUT2D eigenvalue weighted by atomic mass is 16.5. The van der Waals surface area contributed by atoms with E-state index in [1.807, 2.05) is 36.4 Å². The Morgan fingerprint density at radius 1 is 1.24 bits per heavy atom. The topological polar surface area (TPSA) is 77.5 Å². The Balaban J connectivity index is 2.16. The molecule has 21 heavy (non-hydrogen) atoms. The van der Waals surface area contributed by atoms with Crippen molar-refractivity contribution >= 4 is 33.5 Å². The summed E-state index contributed by atoms with van der Waals surface area (Å²) in [7, 11) is 1.59. The fourth-order valence-corrected chi connectivity index (χ4v) is 2.34. The normalized spacial score (nSPS) is 12.5. The van der Waals surface area contributed by atoms with E-state index in [1.54, 1.807) is 14.0 Å². The molecule has 0 aliphatic heterocycles. The van der Waals surface area contributed by atoms with E-state index in [9.17, 15) is 4.79 Å². The van der Waals surface area contributed by atoms with Gasteiger partial charge in [0.25, 0.3) is 0 Å². The van der Waals surface area contributed by atoms with Crippen LogP contribution in [-0.4, -0.2) is 19.1 Å². The summed E-state index contributed by atoms with van der Waals surface area (Å²) >= 11 is 0. The number of carbonyl (C=O) groups excluding carboxylic acids is 1. The third-order valence-corrected chi connectivity index (χ3v) is 3.50. The lowest BCUT2D eigenvalue weighted by molar-refractivity contribution is -0.118. The number of nitrogens with two attached hydrogens (primary N) is 1. The lowest BCUT2D eigenvalue weighted by Crippen LogP contribution is -2.32. The Morgan fingerprint density at radius 2 is 2.00 bits per heavy atom. The highest BCUT2D eigenvalue weighted by Crippen LogP contribution is 2.36. The van der Waals surface area contributed by atoms with E-state index in [0.29, 0.717) is 11.4 Å². The Kier molecular flexibility index (Phi) is 3.17. The van der Waals surface area contributed by atoms with Crippen molar-refractivity contribution in [2.24, 2.45) is 5.73 Å². The SMILES string of the molecule is COc1cc2c(cc1N[C@@H](C)C(N)=O)oc1ccccc12. The molecule has 0 spiro atoms. The molecule has 0 aliphatic rings. The van der Waals surface area contributed by atoms with E-state index in [2.05, 4.69) is 5.32 Å². The van der Waals surface area contributed by atoms with Gasteiger partial charge in [-0.1, -0.05) is 18.2 Å². The van der Waals surface area contributed by atoms with Gasteiger partial charge in [-0.3, -0.25) is 4.79 Å². The number of hydrogen-bond acceptors (Lipinski definition) is 4. The first-order chi connectivity index (χ1) is 10.1. The average Bonchev–Trinajstić information content (AvgIpc) is 2.83. The minimum atomic E-state index is -0.499. The number of ether oxygens (including phenoxy) is 1. The molecule has 0 saturated heterocycles. The summed E-state index contributed by atoms with van der Waals surface area (Å²) in [4.78, 5) is 11.2. The molecule has 0 unspecified atom stereocenters. The maximum absolute atomic E-state index is 11.2. The van der Waals surface area contributed by atoms with Crippen LogP contribution >= 0.6 is 0 Å². The van der Waals surface area contributed by atoms with Crippen LogP contribution in [0.4, 0.5) is 5.69 Å². The van der Waals surface area contributed by atoms with Gasteiger partial charge < -0.3 is 20.2 Å². The number of anilines is 1. The minimum absolute atomic E-state index is 0.429. The Morgan fingerprint density at radius 3 is 2.71 bits per heavy atom. The zero-order chi connectivity index (χ0) is 15.0. The number of nitrogens with one attached hydrogen (secondary N) is 1. The molecule has 3 aromatic rings. The summed E-state index contributed by atoms with van der Waals surface area (Å²) in [5.74, 6) is 0.212. The van der Waals surface area contributed by atoms with Crippen molar-refractivity contribution in [2.45, 2.75) is 13.0 Å². The second kappa shape index (κ2) is 5.01. The van der Waals surface area contributed by atoms with Gasteiger partial charge in [0.1, 0.15) is 23.0 Å². The molecule has 0 fully saturated rings. The quantitative estimate of drug-likeness (QED) is 0.772. The van der Waals surface area contributed by atoms with E-state index in [-0.39, 0.29) is 0 Å². The van der Waals surface area contributed by atoms with E-state index in [4.69, 9.17) is 14.9 Å². The summed E-state index contributed by atoms with van der Waals surface area (Å²) < 4.78 is 11.2. The van der Waals surface area contributed by atoms with Gasteiger partial charge in [0.05, 0.1) is 12.8 Å². The van der Waals surface area contributed by atoms with Crippen molar-refractivity contribution in [2.75, 3.05) is 12.4 Å². The maximum atomic E-state index is 11.2. The molecule has 0 saturated carbocycles. The van der Waals surface area contributed by atoms with Crippen molar-refractivity contribution in [3.8, 4) is 5.75 Å². The number of fused-ring (bicyclic) bond motifs is 3. The van der Waals surface area contributed by atoms with Crippen LogP contribution in [0, 0.1) is 0 Å². The largest absolute Gasteiger partial charge is 0.495 e. The number of hydrogen-bond donors (Lipinski definition) is 2. The lowest BCUT2D eigenvalue weighted by Gasteiger charge is -2.14. The molecule has 0 bridgehead atoms. The summed E-state index contributed by atoms with van der Waals surface area (Å²) in [6.45, 7) is 1.70. The predicted molar refractivity (Wildman–Crippen MR) is 82.6 cm³/mol. The number of para-hydroxylation sites is 1. The van der Waals surface area contributed by atoms with Gasteiger partial charge in [-0.05, 0) is 19.1 Å². The van der Waals surface area contributed by atoms with Gasteiger partial charge in [-0.15, -0.1) is 0 Å². The Bertz CT molecular complexity index is 823. The Labute approximate surface area is 121 Å². The van der Waals surface area contributed by atoms with Crippen molar-refractivity contribution < 1.29 is 13.9 Å². The van der Waals surface area contributed by atoms with Crippen LogP contribution in [0.25, 0.3) is 21.9 Å². The fourth-order valence-electron chi connectivity index (χ4n) is 2.34. The van der Waals surface area contributed by atoms with Crippen LogP contribution in [0.2, 0.25) is 0 Å². The lowest BCUT2D eigenvalue weighted by atomic mass is 10.1. The minimum Gasteiger partial charge on any atom is -0.495 e. The molecule has 108 valence electrons. The number of furan rings is 1. The fraction of sp³-hybridized carbons (Fsp3) is 0.188. The highest BCUT2D eigenvalue weighted by Gasteiger charge is 2.15. The summed E-state index contributed by atoms with van der Waals surface area (Å²) in [6, 6.07) is 11.0. The van der Waals surface area contributed by atoms with E-state index in [0.717, 1.165) is 21.9 Å². The molecule has 5 nitrogen and oxygen atoms in total. The first kappa shape index (κ1) is 13.3. The van der Waals surface area contributed by atoms with Crippen molar-refractivity contribution in [3.63, 3.8) is 0 Å². The number of methoxy groups -OCH3 is 1. The third kappa shape index (κ3) is 2.27. The molecule has 5 heteroatoms. The monoisotopic (exact) mass is 284 g/mol. The molecule has 0 aliphatic carbocycles. The third-order valence-electron chi connectivity index (χ3n) is 3.50. The van der Waals surface area contributed by atoms with Gasteiger partial charge >= 0.3 is 0 Å². The molecule has 3 rings (SSSR count). The van der Waals surface area contributed by atoms with Crippen molar-refractivity contribution in [1.29, 1.82) is 0 Å². The first-order valence-electron chi connectivity index (χ1n) is 6.65. The zero-order valence-electron chi connectivity index (χ0n) is 11.8. The average molecular weight is 284 g/mol. The molecular formula is C16H16N2O3.